The molecule has 4 rings (SSSR count). The largest absolute Gasteiger partial charge is 0.497 e. The van der Waals surface area contributed by atoms with E-state index in [0.29, 0.717) is 22.2 Å². The monoisotopic (exact) mass is 584 g/mol. The quantitative estimate of drug-likeness (QED) is 0.250. The average Bonchev–Trinajstić information content (AvgIpc) is 3.46. The Morgan fingerprint density at radius 2 is 1.64 bits per heavy atom. The number of methoxy groups -OCH3 is 1. The molecular weight excluding hydrogens is 551 g/mol. The summed E-state index contributed by atoms with van der Waals surface area (Å²) in [6, 6.07) is 22.5. The van der Waals surface area contributed by atoms with Crippen LogP contribution < -0.4 is 10.1 Å². The minimum atomic E-state index is -0.656. The molecule has 1 atom stereocenters. The third kappa shape index (κ3) is 8.66. The first kappa shape index (κ1) is 29.3. The summed E-state index contributed by atoms with van der Waals surface area (Å²) < 4.78 is 5.24. The Kier molecular flexibility index (Phi) is 11.0. The fraction of sp³-hybridized carbons (Fsp3) is 0.355. The first-order chi connectivity index (χ1) is 18.9. The van der Waals surface area contributed by atoms with Gasteiger partial charge in [-0.15, -0.1) is 11.8 Å². The van der Waals surface area contributed by atoms with Crippen LogP contribution in [0.5, 0.6) is 5.75 Å². The number of nitrogens with zero attached hydrogens (tertiary/aromatic N) is 1. The van der Waals surface area contributed by atoms with Gasteiger partial charge in [-0.2, -0.15) is 0 Å². The second-order valence-electron chi connectivity index (χ2n) is 9.81. The van der Waals surface area contributed by atoms with E-state index in [-0.39, 0.29) is 30.2 Å². The Morgan fingerprint density at radius 3 is 2.31 bits per heavy atom. The molecule has 3 aromatic rings. The third-order valence-electron chi connectivity index (χ3n) is 6.96. The second-order valence-corrected chi connectivity index (χ2v) is 11.6. The van der Waals surface area contributed by atoms with E-state index in [4.69, 9.17) is 27.9 Å². The zero-order valence-corrected chi connectivity index (χ0v) is 24.4. The molecule has 8 heteroatoms. The van der Waals surface area contributed by atoms with E-state index in [2.05, 4.69) is 5.32 Å². The molecule has 1 N–H and O–H groups in total. The summed E-state index contributed by atoms with van der Waals surface area (Å²) in [7, 11) is 1.64. The van der Waals surface area contributed by atoms with E-state index < -0.39 is 6.04 Å². The maximum atomic E-state index is 13.8. The molecular formula is C31H34Cl2N2O3S. The highest BCUT2D eigenvalue weighted by molar-refractivity contribution is 7.99. The molecule has 0 spiro atoms. The van der Waals surface area contributed by atoms with E-state index in [1.165, 1.54) is 11.8 Å². The number of benzene rings is 3. The summed E-state index contributed by atoms with van der Waals surface area (Å²) in [5, 5.41) is 4.11. The molecule has 0 heterocycles. The number of nitrogens with one attached hydrogen (secondary N) is 1. The molecule has 1 aliphatic rings. The normalized spacial score (nSPS) is 14.1. The zero-order valence-electron chi connectivity index (χ0n) is 22.1. The SMILES string of the molecule is COc1ccc(CSCC(=O)N(Cc2ccc(Cl)c(Cl)c2)[C@@H](Cc2ccccc2)C(=O)NC2CCCC2)cc1. The van der Waals surface area contributed by atoms with Crippen molar-refractivity contribution in [2.75, 3.05) is 12.9 Å². The molecule has 1 aliphatic carbocycles. The molecule has 3 aromatic carbocycles. The summed E-state index contributed by atoms with van der Waals surface area (Å²) in [5.41, 5.74) is 2.93. The lowest BCUT2D eigenvalue weighted by Gasteiger charge is -2.32. The smallest absolute Gasteiger partial charge is 0.243 e. The summed E-state index contributed by atoms with van der Waals surface area (Å²) in [6.07, 6.45) is 4.60. The predicted molar refractivity (Wildman–Crippen MR) is 161 cm³/mol. The molecule has 0 unspecified atom stereocenters. The fourth-order valence-electron chi connectivity index (χ4n) is 4.82. The van der Waals surface area contributed by atoms with E-state index in [1.807, 2.05) is 60.7 Å². The van der Waals surface area contributed by atoms with E-state index in [9.17, 15) is 9.59 Å². The van der Waals surface area contributed by atoms with Gasteiger partial charge in [0, 0.05) is 24.8 Å². The lowest BCUT2D eigenvalue weighted by molar-refractivity contribution is -0.139. The number of thioether (sulfide) groups is 1. The average molecular weight is 586 g/mol. The number of ether oxygens (including phenoxy) is 1. The molecule has 2 amide bonds. The highest BCUT2D eigenvalue weighted by Gasteiger charge is 2.32. The number of amides is 2. The highest BCUT2D eigenvalue weighted by Crippen LogP contribution is 2.26. The summed E-state index contributed by atoms with van der Waals surface area (Å²) >= 11 is 14.0. The predicted octanol–water partition coefficient (Wildman–Crippen LogP) is 6.93. The van der Waals surface area contributed by atoms with Crippen molar-refractivity contribution in [1.82, 2.24) is 10.2 Å². The summed E-state index contributed by atoms with van der Waals surface area (Å²) in [6.45, 7) is 0.258. The molecule has 39 heavy (non-hydrogen) atoms. The Labute approximate surface area is 245 Å². The van der Waals surface area contributed by atoms with Crippen LogP contribution in [-0.2, 0) is 28.3 Å². The van der Waals surface area contributed by atoms with Crippen LogP contribution in [0.3, 0.4) is 0 Å². The van der Waals surface area contributed by atoms with Crippen molar-refractivity contribution < 1.29 is 14.3 Å². The first-order valence-corrected chi connectivity index (χ1v) is 15.1. The van der Waals surface area contributed by atoms with Crippen molar-refractivity contribution in [2.24, 2.45) is 0 Å². The summed E-state index contributed by atoms with van der Waals surface area (Å²) in [5.74, 6) is 1.51. The van der Waals surface area contributed by atoms with Gasteiger partial charge in [0.25, 0.3) is 0 Å². The Balaban J connectivity index is 1.56. The van der Waals surface area contributed by atoms with Gasteiger partial charge < -0.3 is 15.0 Å². The Hall–Kier alpha value is -2.67. The van der Waals surface area contributed by atoms with Gasteiger partial charge in [-0.05, 0) is 53.8 Å². The molecule has 0 aromatic heterocycles. The molecule has 0 saturated heterocycles. The molecule has 0 bridgehead atoms. The molecule has 0 radical (unpaired) electrons. The van der Waals surface area contributed by atoms with Gasteiger partial charge in [0.05, 0.1) is 22.9 Å². The number of carbonyl (C=O) groups is 2. The van der Waals surface area contributed by atoms with Crippen molar-refractivity contribution in [2.45, 2.75) is 56.5 Å². The van der Waals surface area contributed by atoms with Crippen molar-refractivity contribution in [1.29, 1.82) is 0 Å². The van der Waals surface area contributed by atoms with Gasteiger partial charge >= 0.3 is 0 Å². The van der Waals surface area contributed by atoms with Crippen LogP contribution >= 0.6 is 35.0 Å². The van der Waals surface area contributed by atoms with Gasteiger partial charge in [-0.25, -0.2) is 0 Å². The first-order valence-electron chi connectivity index (χ1n) is 13.2. The molecule has 5 nitrogen and oxygen atoms in total. The van der Waals surface area contributed by atoms with Crippen LogP contribution in [0.1, 0.15) is 42.4 Å². The topological polar surface area (TPSA) is 58.6 Å². The van der Waals surface area contributed by atoms with Gasteiger partial charge in [-0.3, -0.25) is 9.59 Å². The van der Waals surface area contributed by atoms with Gasteiger partial charge in [0.2, 0.25) is 11.8 Å². The van der Waals surface area contributed by atoms with Gasteiger partial charge in [0.15, 0.2) is 0 Å². The van der Waals surface area contributed by atoms with E-state index >= 15 is 0 Å². The number of carbonyl (C=O) groups excluding carboxylic acids is 2. The number of hydrogen-bond donors (Lipinski definition) is 1. The maximum absolute atomic E-state index is 13.8. The van der Waals surface area contributed by atoms with Crippen LogP contribution in [0.25, 0.3) is 0 Å². The van der Waals surface area contributed by atoms with Crippen molar-refractivity contribution in [3.8, 4) is 5.75 Å². The maximum Gasteiger partial charge on any atom is 0.243 e. The van der Waals surface area contributed by atoms with Crippen LogP contribution in [0.4, 0.5) is 0 Å². The number of rotatable bonds is 12. The van der Waals surface area contributed by atoms with Crippen molar-refractivity contribution in [3.63, 3.8) is 0 Å². The highest BCUT2D eigenvalue weighted by atomic mass is 35.5. The van der Waals surface area contributed by atoms with Gasteiger partial charge in [-0.1, -0.05) is 84.6 Å². The van der Waals surface area contributed by atoms with Crippen LogP contribution in [0, 0.1) is 0 Å². The second kappa shape index (κ2) is 14.6. The zero-order chi connectivity index (χ0) is 27.6. The Morgan fingerprint density at radius 1 is 0.949 bits per heavy atom. The van der Waals surface area contributed by atoms with Gasteiger partial charge in [0.1, 0.15) is 11.8 Å². The van der Waals surface area contributed by atoms with E-state index in [0.717, 1.165) is 48.1 Å². The van der Waals surface area contributed by atoms with Crippen LogP contribution in [0.2, 0.25) is 10.0 Å². The Bertz CT molecular complexity index is 1230. The summed E-state index contributed by atoms with van der Waals surface area (Å²) in [4.78, 5) is 29.3. The number of hydrogen-bond acceptors (Lipinski definition) is 4. The van der Waals surface area contributed by atoms with E-state index in [1.54, 1.807) is 24.1 Å². The standard InChI is InChI=1S/C31H34Cl2N2O3S/c1-38-26-14-11-23(12-15-26)20-39-21-30(36)35(19-24-13-16-27(32)28(33)17-24)29(18-22-7-3-2-4-8-22)31(37)34-25-9-5-6-10-25/h2-4,7-8,11-17,25,29H,5-6,9-10,18-21H2,1H3,(H,34,37)/t29-/m0/s1. The van der Waals surface area contributed by atoms with Crippen LogP contribution in [0.15, 0.2) is 72.8 Å². The van der Waals surface area contributed by atoms with Crippen molar-refractivity contribution >= 4 is 46.8 Å². The van der Waals surface area contributed by atoms with Crippen molar-refractivity contribution in [3.05, 3.63) is 99.5 Å². The van der Waals surface area contributed by atoms with Crippen LogP contribution in [-0.4, -0.2) is 41.7 Å². The molecule has 1 saturated carbocycles. The molecule has 1 fully saturated rings. The third-order valence-corrected chi connectivity index (χ3v) is 8.69. The lowest BCUT2D eigenvalue weighted by Crippen LogP contribution is -2.52. The minimum absolute atomic E-state index is 0.0953. The molecule has 0 aliphatic heterocycles. The number of halogens is 2. The minimum Gasteiger partial charge on any atom is -0.497 e. The fourth-order valence-corrected chi connectivity index (χ4v) is 6.01. The lowest BCUT2D eigenvalue weighted by atomic mass is 10.0. The molecule has 206 valence electrons.